The van der Waals surface area contributed by atoms with Crippen molar-refractivity contribution < 1.29 is 23.8 Å². The van der Waals surface area contributed by atoms with E-state index in [9.17, 15) is 9.59 Å². The zero-order chi connectivity index (χ0) is 18.4. The van der Waals surface area contributed by atoms with Crippen LogP contribution in [-0.4, -0.2) is 46.7 Å². The average molecular weight is 343 g/mol. The fraction of sp³-hybridized carbons (Fsp3) is 0.263. The summed E-state index contributed by atoms with van der Waals surface area (Å²) < 4.78 is 15.4. The predicted molar refractivity (Wildman–Crippen MR) is 94.9 cm³/mol. The van der Waals surface area contributed by atoms with Crippen molar-refractivity contribution in [3.05, 3.63) is 53.6 Å². The minimum absolute atomic E-state index is 0.332. The van der Waals surface area contributed by atoms with E-state index in [0.717, 1.165) is 5.69 Å². The lowest BCUT2D eigenvalue weighted by atomic mass is 10.1. The molecule has 25 heavy (non-hydrogen) atoms. The highest BCUT2D eigenvalue weighted by Gasteiger charge is 2.16. The molecule has 0 amide bonds. The lowest BCUT2D eigenvalue weighted by Crippen LogP contribution is -2.15. The molecule has 0 aliphatic heterocycles. The summed E-state index contributed by atoms with van der Waals surface area (Å²) >= 11 is 0. The van der Waals surface area contributed by atoms with Crippen LogP contribution in [0.3, 0.4) is 0 Å². The highest BCUT2D eigenvalue weighted by atomic mass is 16.5. The van der Waals surface area contributed by atoms with Crippen LogP contribution >= 0.6 is 0 Å². The first kappa shape index (κ1) is 18.3. The van der Waals surface area contributed by atoms with Gasteiger partial charge in [0.1, 0.15) is 11.5 Å². The number of rotatable bonds is 7. The Hall–Kier alpha value is -3.02. The van der Waals surface area contributed by atoms with Crippen LogP contribution in [0.15, 0.2) is 42.5 Å². The van der Waals surface area contributed by atoms with Gasteiger partial charge >= 0.3 is 5.97 Å². The molecule has 0 fully saturated rings. The second kappa shape index (κ2) is 8.19. The summed E-state index contributed by atoms with van der Waals surface area (Å²) in [4.78, 5) is 26.3. The zero-order valence-corrected chi connectivity index (χ0v) is 14.7. The smallest absolute Gasteiger partial charge is 0.338 e. The molecule has 0 heterocycles. The fourth-order valence-corrected chi connectivity index (χ4v) is 2.22. The summed E-state index contributed by atoms with van der Waals surface area (Å²) in [5.74, 6) is 0.0472. The Bertz CT molecular complexity index is 753. The van der Waals surface area contributed by atoms with Crippen molar-refractivity contribution in [3.63, 3.8) is 0 Å². The number of nitrogens with zero attached hydrogens (tertiary/aromatic N) is 1. The summed E-state index contributed by atoms with van der Waals surface area (Å²) in [6.07, 6.45) is 0. The molecule has 0 N–H and O–H groups in total. The Morgan fingerprint density at radius 3 is 2.20 bits per heavy atom. The second-order valence-corrected chi connectivity index (χ2v) is 5.51. The van der Waals surface area contributed by atoms with Crippen molar-refractivity contribution >= 4 is 17.4 Å². The van der Waals surface area contributed by atoms with Crippen LogP contribution in [0.1, 0.15) is 20.7 Å². The maximum Gasteiger partial charge on any atom is 0.338 e. The largest absolute Gasteiger partial charge is 0.497 e. The van der Waals surface area contributed by atoms with Crippen molar-refractivity contribution in [2.75, 3.05) is 39.8 Å². The van der Waals surface area contributed by atoms with Crippen molar-refractivity contribution in [1.82, 2.24) is 0 Å². The minimum atomic E-state index is -0.550. The average Bonchev–Trinajstić information content (AvgIpc) is 2.65. The number of Topliss-reactive ketones (excluding diaryl/α,β-unsaturated/α-hetero) is 1. The standard InChI is InChI=1S/C19H21NO5/c1-20(2)14-7-5-13(6-8-14)19(22)25-12-17(21)16-10-9-15(23-3)11-18(16)24-4/h5-11H,12H2,1-4H3. The quantitative estimate of drug-likeness (QED) is 0.569. The Morgan fingerprint density at radius 2 is 1.64 bits per heavy atom. The molecule has 0 aliphatic rings. The molecule has 0 saturated carbocycles. The van der Waals surface area contributed by atoms with E-state index in [1.807, 2.05) is 31.1 Å². The Labute approximate surface area is 146 Å². The molecular formula is C19H21NO5. The van der Waals surface area contributed by atoms with Crippen LogP contribution in [-0.2, 0) is 4.74 Å². The Morgan fingerprint density at radius 1 is 0.960 bits per heavy atom. The first-order valence-corrected chi connectivity index (χ1v) is 7.66. The van der Waals surface area contributed by atoms with Gasteiger partial charge in [0, 0.05) is 25.8 Å². The van der Waals surface area contributed by atoms with Gasteiger partial charge in [-0.2, -0.15) is 0 Å². The normalized spacial score (nSPS) is 10.1. The van der Waals surface area contributed by atoms with Gasteiger partial charge in [0.15, 0.2) is 6.61 Å². The van der Waals surface area contributed by atoms with Gasteiger partial charge in [-0.25, -0.2) is 4.79 Å². The molecule has 2 rings (SSSR count). The molecule has 6 heteroatoms. The first-order valence-electron chi connectivity index (χ1n) is 7.66. The summed E-state index contributed by atoms with van der Waals surface area (Å²) in [5.41, 5.74) is 1.69. The molecule has 132 valence electrons. The molecule has 6 nitrogen and oxygen atoms in total. The number of esters is 1. The highest BCUT2D eigenvalue weighted by molar-refractivity contribution is 6.01. The van der Waals surface area contributed by atoms with Crippen molar-refractivity contribution in [3.8, 4) is 11.5 Å². The van der Waals surface area contributed by atoms with Crippen LogP contribution in [0, 0.1) is 0 Å². The maximum absolute atomic E-state index is 12.3. The number of methoxy groups -OCH3 is 2. The number of hydrogen-bond acceptors (Lipinski definition) is 6. The number of carbonyl (C=O) groups excluding carboxylic acids is 2. The molecule has 0 aliphatic carbocycles. The van der Waals surface area contributed by atoms with E-state index in [4.69, 9.17) is 14.2 Å². The van der Waals surface area contributed by atoms with Gasteiger partial charge in [0.25, 0.3) is 0 Å². The van der Waals surface area contributed by atoms with Crippen LogP contribution in [0.25, 0.3) is 0 Å². The second-order valence-electron chi connectivity index (χ2n) is 5.51. The molecule has 0 atom stereocenters. The van der Waals surface area contributed by atoms with Crippen LogP contribution in [0.2, 0.25) is 0 Å². The predicted octanol–water partition coefficient (Wildman–Crippen LogP) is 2.81. The SMILES string of the molecule is COc1ccc(C(=O)COC(=O)c2ccc(N(C)C)cc2)c(OC)c1. The fourth-order valence-electron chi connectivity index (χ4n) is 2.22. The van der Waals surface area contributed by atoms with E-state index in [1.54, 1.807) is 30.3 Å². The zero-order valence-electron chi connectivity index (χ0n) is 14.7. The molecule has 0 bridgehead atoms. The number of hydrogen-bond donors (Lipinski definition) is 0. The van der Waals surface area contributed by atoms with Gasteiger partial charge in [-0.05, 0) is 36.4 Å². The monoisotopic (exact) mass is 343 g/mol. The Kier molecular flexibility index (Phi) is 6.00. The van der Waals surface area contributed by atoms with Crippen molar-refractivity contribution in [1.29, 1.82) is 0 Å². The molecule has 0 spiro atoms. The molecule has 0 unspecified atom stereocenters. The number of anilines is 1. The molecule has 0 radical (unpaired) electrons. The summed E-state index contributed by atoms with van der Waals surface area (Å²) in [6, 6.07) is 11.8. The Balaban J connectivity index is 2.03. The van der Waals surface area contributed by atoms with Gasteiger partial charge in [-0.15, -0.1) is 0 Å². The van der Waals surface area contributed by atoms with Crippen molar-refractivity contribution in [2.45, 2.75) is 0 Å². The van der Waals surface area contributed by atoms with E-state index in [0.29, 0.717) is 22.6 Å². The number of benzene rings is 2. The molecule has 0 saturated heterocycles. The molecule has 2 aromatic rings. The highest BCUT2D eigenvalue weighted by Crippen LogP contribution is 2.25. The third-order valence-corrected chi connectivity index (χ3v) is 3.66. The topological polar surface area (TPSA) is 65.1 Å². The third-order valence-electron chi connectivity index (χ3n) is 3.66. The molecule has 2 aromatic carbocycles. The molecule has 0 aromatic heterocycles. The van der Waals surface area contributed by atoms with E-state index < -0.39 is 5.97 Å². The van der Waals surface area contributed by atoms with Crippen molar-refractivity contribution in [2.24, 2.45) is 0 Å². The van der Waals surface area contributed by atoms with Gasteiger partial charge in [0.05, 0.1) is 25.3 Å². The van der Waals surface area contributed by atoms with Crippen LogP contribution in [0.5, 0.6) is 11.5 Å². The van der Waals surface area contributed by atoms with Gasteiger partial charge in [-0.3, -0.25) is 4.79 Å². The first-order chi connectivity index (χ1) is 12.0. The van der Waals surface area contributed by atoms with Gasteiger partial charge in [0.2, 0.25) is 5.78 Å². The number of ether oxygens (including phenoxy) is 3. The third kappa shape index (κ3) is 4.50. The number of ketones is 1. The lowest BCUT2D eigenvalue weighted by Gasteiger charge is -2.12. The summed E-state index contributed by atoms with van der Waals surface area (Å²) in [7, 11) is 6.81. The van der Waals surface area contributed by atoms with Gasteiger partial charge < -0.3 is 19.1 Å². The minimum Gasteiger partial charge on any atom is -0.497 e. The summed E-state index contributed by atoms with van der Waals surface area (Å²) in [5, 5.41) is 0. The van der Waals surface area contributed by atoms with E-state index >= 15 is 0 Å². The van der Waals surface area contributed by atoms with Gasteiger partial charge in [-0.1, -0.05) is 0 Å². The summed E-state index contributed by atoms with van der Waals surface area (Å²) in [6.45, 7) is -0.364. The maximum atomic E-state index is 12.3. The van der Waals surface area contributed by atoms with Crippen LogP contribution in [0.4, 0.5) is 5.69 Å². The van der Waals surface area contributed by atoms with E-state index in [2.05, 4.69) is 0 Å². The van der Waals surface area contributed by atoms with Crippen LogP contribution < -0.4 is 14.4 Å². The molecular weight excluding hydrogens is 322 g/mol. The van der Waals surface area contributed by atoms with E-state index in [1.165, 1.54) is 14.2 Å². The van der Waals surface area contributed by atoms with E-state index in [-0.39, 0.29) is 12.4 Å². The lowest BCUT2D eigenvalue weighted by molar-refractivity contribution is 0.0474. The number of carbonyl (C=O) groups is 2.